The maximum Gasteiger partial charge on any atom is 0.0597 e. The van der Waals surface area contributed by atoms with Gasteiger partial charge in [0.25, 0.3) is 0 Å². The van der Waals surface area contributed by atoms with Crippen molar-refractivity contribution < 1.29 is 4.74 Å². The van der Waals surface area contributed by atoms with E-state index in [1.54, 1.807) is 0 Å². The lowest BCUT2D eigenvalue weighted by atomic mass is 9.98. The number of ether oxygens (including phenoxy) is 1. The number of nitrogens with zero attached hydrogens (tertiary/aromatic N) is 1. The Morgan fingerprint density at radius 2 is 1.94 bits per heavy atom. The molecule has 0 radical (unpaired) electrons. The van der Waals surface area contributed by atoms with Crippen LogP contribution < -0.4 is 5.32 Å². The number of nitrogens with one attached hydrogen (secondary N) is 1. The van der Waals surface area contributed by atoms with Gasteiger partial charge in [0, 0.05) is 25.7 Å². The molecule has 3 nitrogen and oxygen atoms in total. The Hall–Kier alpha value is -0.120. The van der Waals surface area contributed by atoms with Gasteiger partial charge >= 0.3 is 0 Å². The molecule has 2 fully saturated rings. The van der Waals surface area contributed by atoms with Gasteiger partial charge in [-0.25, -0.2) is 0 Å². The molecule has 1 atom stereocenters. The third-order valence-corrected chi connectivity index (χ3v) is 4.46. The van der Waals surface area contributed by atoms with Crippen molar-refractivity contribution >= 4 is 0 Å². The summed E-state index contributed by atoms with van der Waals surface area (Å²) >= 11 is 0. The molecule has 0 aromatic carbocycles. The summed E-state index contributed by atoms with van der Waals surface area (Å²) in [6, 6.07) is 0.731. The van der Waals surface area contributed by atoms with Crippen LogP contribution in [0.15, 0.2) is 0 Å². The fraction of sp³-hybridized carbons (Fsp3) is 1.00. The lowest BCUT2D eigenvalue weighted by Gasteiger charge is -2.24. The number of hydrogen-bond donors (Lipinski definition) is 1. The minimum Gasteiger partial charge on any atom is -0.377 e. The van der Waals surface area contributed by atoms with Crippen LogP contribution >= 0.6 is 0 Å². The van der Waals surface area contributed by atoms with E-state index in [1.165, 1.54) is 58.0 Å². The standard InChI is InChI=1S/C15H30N2O/c1-2-14-8-10-17(11-9-16-14)12-13-18-15-6-4-3-5-7-15/h14-16H,2-13H2,1H3. The molecule has 0 amide bonds. The van der Waals surface area contributed by atoms with E-state index >= 15 is 0 Å². The fourth-order valence-electron chi connectivity index (χ4n) is 3.13. The zero-order valence-corrected chi connectivity index (χ0v) is 12.0. The summed E-state index contributed by atoms with van der Waals surface area (Å²) in [7, 11) is 0. The second-order valence-corrected chi connectivity index (χ2v) is 5.82. The SMILES string of the molecule is CCC1CCN(CCOC2CCCCC2)CCN1. The summed E-state index contributed by atoms with van der Waals surface area (Å²) < 4.78 is 6.02. The monoisotopic (exact) mass is 254 g/mol. The van der Waals surface area contributed by atoms with Crippen molar-refractivity contribution in [2.75, 3.05) is 32.8 Å². The molecule has 0 spiro atoms. The molecule has 3 heteroatoms. The average Bonchev–Trinajstić information content (AvgIpc) is 2.65. The van der Waals surface area contributed by atoms with Crippen molar-refractivity contribution in [3.8, 4) is 0 Å². The summed E-state index contributed by atoms with van der Waals surface area (Å²) in [5.74, 6) is 0. The first-order valence-corrected chi connectivity index (χ1v) is 7.96. The maximum atomic E-state index is 6.02. The molecule has 0 bridgehead atoms. The largest absolute Gasteiger partial charge is 0.377 e. The Balaban J connectivity index is 1.58. The predicted molar refractivity (Wildman–Crippen MR) is 76.0 cm³/mol. The summed E-state index contributed by atoms with van der Waals surface area (Å²) in [4.78, 5) is 2.56. The van der Waals surface area contributed by atoms with Gasteiger partial charge in [-0.1, -0.05) is 26.2 Å². The third kappa shape index (κ3) is 4.87. The van der Waals surface area contributed by atoms with Gasteiger partial charge in [0.2, 0.25) is 0 Å². The van der Waals surface area contributed by atoms with E-state index in [-0.39, 0.29) is 0 Å². The minimum absolute atomic E-state index is 0.562. The predicted octanol–water partition coefficient (Wildman–Crippen LogP) is 2.41. The van der Waals surface area contributed by atoms with Crippen molar-refractivity contribution in [2.45, 2.75) is 64.0 Å². The maximum absolute atomic E-state index is 6.02. The van der Waals surface area contributed by atoms with Crippen LogP contribution in [0.3, 0.4) is 0 Å². The summed E-state index contributed by atoms with van der Waals surface area (Å²) in [5, 5.41) is 3.62. The zero-order chi connectivity index (χ0) is 12.6. The van der Waals surface area contributed by atoms with E-state index in [0.29, 0.717) is 6.10 Å². The fourth-order valence-corrected chi connectivity index (χ4v) is 3.13. The highest BCUT2D eigenvalue weighted by atomic mass is 16.5. The van der Waals surface area contributed by atoms with Crippen molar-refractivity contribution in [1.82, 2.24) is 10.2 Å². The van der Waals surface area contributed by atoms with Gasteiger partial charge in [-0.05, 0) is 32.2 Å². The smallest absolute Gasteiger partial charge is 0.0597 e. The molecule has 1 unspecified atom stereocenters. The van der Waals surface area contributed by atoms with Gasteiger partial charge in [-0.3, -0.25) is 4.90 Å². The molecule has 1 N–H and O–H groups in total. The average molecular weight is 254 g/mol. The topological polar surface area (TPSA) is 24.5 Å². The molecule has 1 heterocycles. The van der Waals surface area contributed by atoms with Crippen molar-refractivity contribution in [1.29, 1.82) is 0 Å². The Morgan fingerprint density at radius 3 is 2.72 bits per heavy atom. The third-order valence-electron chi connectivity index (χ3n) is 4.46. The van der Waals surface area contributed by atoms with Crippen LogP contribution in [0.4, 0.5) is 0 Å². The minimum atomic E-state index is 0.562. The van der Waals surface area contributed by atoms with Gasteiger partial charge < -0.3 is 10.1 Å². The molecule has 1 saturated carbocycles. The molecule has 1 aliphatic carbocycles. The van der Waals surface area contributed by atoms with Crippen molar-refractivity contribution in [3.63, 3.8) is 0 Å². The summed E-state index contributed by atoms with van der Waals surface area (Å²) in [6.45, 7) is 7.89. The Bertz CT molecular complexity index is 217. The Morgan fingerprint density at radius 1 is 1.11 bits per heavy atom. The Labute approximate surface area is 112 Å². The second-order valence-electron chi connectivity index (χ2n) is 5.82. The van der Waals surface area contributed by atoms with Gasteiger partial charge in [0.15, 0.2) is 0 Å². The molecule has 0 aromatic rings. The number of hydrogen-bond acceptors (Lipinski definition) is 3. The first-order chi connectivity index (χ1) is 8.88. The van der Waals surface area contributed by atoms with Gasteiger partial charge in [-0.2, -0.15) is 0 Å². The molecular weight excluding hydrogens is 224 g/mol. The van der Waals surface area contributed by atoms with E-state index in [4.69, 9.17) is 4.74 Å². The van der Waals surface area contributed by atoms with Crippen molar-refractivity contribution in [2.24, 2.45) is 0 Å². The van der Waals surface area contributed by atoms with Crippen LogP contribution in [0.2, 0.25) is 0 Å². The van der Waals surface area contributed by atoms with E-state index in [1.807, 2.05) is 0 Å². The second kappa shape index (κ2) is 8.13. The first-order valence-electron chi connectivity index (χ1n) is 7.96. The highest BCUT2D eigenvalue weighted by Crippen LogP contribution is 2.20. The van der Waals surface area contributed by atoms with Gasteiger partial charge in [0.05, 0.1) is 12.7 Å². The van der Waals surface area contributed by atoms with Crippen LogP contribution in [-0.2, 0) is 4.74 Å². The summed E-state index contributed by atoms with van der Waals surface area (Å²) in [5.41, 5.74) is 0. The molecular formula is C15H30N2O. The quantitative estimate of drug-likeness (QED) is 0.815. The van der Waals surface area contributed by atoms with E-state index in [0.717, 1.165) is 25.7 Å². The van der Waals surface area contributed by atoms with Gasteiger partial charge in [0.1, 0.15) is 0 Å². The Kier molecular flexibility index (Phi) is 6.46. The molecule has 1 aliphatic heterocycles. The number of rotatable bonds is 5. The highest BCUT2D eigenvalue weighted by molar-refractivity contribution is 4.74. The zero-order valence-electron chi connectivity index (χ0n) is 12.0. The normalized spacial score (nSPS) is 28.2. The summed E-state index contributed by atoms with van der Waals surface area (Å²) in [6.07, 6.45) is 9.85. The lowest BCUT2D eigenvalue weighted by molar-refractivity contribution is 0.0168. The molecule has 0 aromatic heterocycles. The van der Waals surface area contributed by atoms with E-state index < -0.39 is 0 Å². The molecule has 1 saturated heterocycles. The van der Waals surface area contributed by atoms with Crippen LogP contribution in [0.25, 0.3) is 0 Å². The molecule has 2 rings (SSSR count). The van der Waals surface area contributed by atoms with Crippen LogP contribution in [0.5, 0.6) is 0 Å². The lowest BCUT2D eigenvalue weighted by Crippen LogP contribution is -2.32. The molecule has 2 aliphatic rings. The van der Waals surface area contributed by atoms with Crippen LogP contribution in [-0.4, -0.2) is 49.8 Å². The van der Waals surface area contributed by atoms with E-state index in [2.05, 4.69) is 17.1 Å². The van der Waals surface area contributed by atoms with Crippen LogP contribution in [0.1, 0.15) is 51.9 Å². The first kappa shape index (κ1) is 14.3. The van der Waals surface area contributed by atoms with Crippen LogP contribution in [0, 0.1) is 0 Å². The molecule has 18 heavy (non-hydrogen) atoms. The molecule has 106 valence electrons. The highest BCUT2D eigenvalue weighted by Gasteiger charge is 2.16. The van der Waals surface area contributed by atoms with Gasteiger partial charge in [-0.15, -0.1) is 0 Å². The van der Waals surface area contributed by atoms with E-state index in [9.17, 15) is 0 Å². The van der Waals surface area contributed by atoms with Crippen molar-refractivity contribution in [3.05, 3.63) is 0 Å².